The van der Waals surface area contributed by atoms with Crippen LogP contribution in [0.4, 0.5) is 0 Å². The summed E-state index contributed by atoms with van der Waals surface area (Å²) in [5, 5.41) is 12.0. The first kappa shape index (κ1) is 18.8. The fourth-order valence-electron chi connectivity index (χ4n) is 1.96. The van der Waals surface area contributed by atoms with Crippen molar-refractivity contribution in [3.63, 3.8) is 0 Å². The van der Waals surface area contributed by atoms with Crippen molar-refractivity contribution in [2.75, 3.05) is 5.75 Å². The summed E-state index contributed by atoms with van der Waals surface area (Å²) in [4.78, 5) is 10.5. The van der Waals surface area contributed by atoms with E-state index < -0.39 is 5.97 Å². The molecule has 0 spiro atoms. The fraction of sp³-hybridized carbons (Fsp3) is 0.933. The van der Waals surface area contributed by atoms with Gasteiger partial charge < -0.3 is 5.11 Å². The van der Waals surface area contributed by atoms with Crippen molar-refractivity contribution in [1.82, 2.24) is 5.32 Å². The van der Waals surface area contributed by atoms with E-state index in [1.165, 1.54) is 38.5 Å². The third-order valence-corrected chi connectivity index (χ3v) is 4.46. The average Bonchev–Trinajstić information content (AvgIpc) is 2.85. The molecule has 1 rings (SSSR count). The number of unbranched alkanes of at least 4 members (excludes halogenated alkanes) is 5. The van der Waals surface area contributed by atoms with Gasteiger partial charge >= 0.3 is 5.97 Å². The molecule has 0 radical (unpaired) electrons. The molecule has 0 aromatic heterocycles. The Morgan fingerprint density at radius 3 is 2.05 bits per heavy atom. The average molecular weight is 289 g/mol. The minimum atomic E-state index is -0.726. The summed E-state index contributed by atoms with van der Waals surface area (Å²) in [6, 6.07) is -0.323. The maximum absolute atomic E-state index is 10.5. The molecule has 19 heavy (non-hydrogen) atoms. The van der Waals surface area contributed by atoms with Crippen LogP contribution >= 0.6 is 11.8 Å². The number of thioether (sulfide) groups is 1. The summed E-state index contributed by atoms with van der Waals surface area (Å²) in [6.45, 7) is 6.62. The van der Waals surface area contributed by atoms with Crippen LogP contribution in [-0.4, -0.2) is 28.2 Å². The van der Waals surface area contributed by atoms with Crippen LogP contribution in [0.5, 0.6) is 0 Å². The molecule has 1 fully saturated rings. The lowest BCUT2D eigenvalue weighted by Gasteiger charge is -2.07. The molecule has 114 valence electrons. The molecular formula is C15H31NO2S. The number of hydrogen-bond donors (Lipinski definition) is 2. The first-order chi connectivity index (χ1) is 9.15. The maximum Gasteiger partial charge on any atom is 0.321 e. The minimum absolute atomic E-state index is 0.323. The smallest absolute Gasteiger partial charge is 0.321 e. The summed E-state index contributed by atoms with van der Waals surface area (Å²) in [5.41, 5.74) is 0. The summed E-state index contributed by atoms with van der Waals surface area (Å²) in [6.07, 6.45) is 10.7. The molecule has 1 unspecified atom stereocenters. The van der Waals surface area contributed by atoms with Gasteiger partial charge in [0.05, 0.1) is 5.37 Å². The second-order valence-electron chi connectivity index (χ2n) is 5.08. The molecule has 3 nitrogen and oxygen atoms in total. The number of rotatable bonds is 8. The monoisotopic (exact) mass is 289 g/mol. The highest BCUT2D eigenvalue weighted by Crippen LogP contribution is 2.22. The maximum atomic E-state index is 10.5. The molecule has 1 aliphatic rings. The molecule has 1 aliphatic heterocycles. The predicted octanol–water partition coefficient (Wildman–Crippen LogP) is 4.27. The normalized spacial score (nSPS) is 21.8. The van der Waals surface area contributed by atoms with Crippen molar-refractivity contribution in [3.05, 3.63) is 0 Å². The molecule has 2 atom stereocenters. The van der Waals surface area contributed by atoms with E-state index in [1.807, 2.05) is 0 Å². The Bertz CT molecular complexity index is 218. The molecule has 0 amide bonds. The van der Waals surface area contributed by atoms with Gasteiger partial charge in [-0.1, -0.05) is 65.7 Å². The minimum Gasteiger partial charge on any atom is -0.480 e. The zero-order chi connectivity index (χ0) is 14.5. The second kappa shape index (κ2) is 12.8. The lowest BCUT2D eigenvalue weighted by molar-refractivity contribution is -0.138. The molecule has 0 saturated carbocycles. The highest BCUT2D eigenvalue weighted by atomic mass is 32.2. The Hall–Kier alpha value is -0.220. The highest BCUT2D eigenvalue weighted by Gasteiger charge is 2.28. The van der Waals surface area contributed by atoms with Crippen LogP contribution in [0.25, 0.3) is 0 Å². The molecule has 2 N–H and O–H groups in total. The van der Waals surface area contributed by atoms with Crippen LogP contribution in [0, 0.1) is 0 Å². The molecule has 4 heteroatoms. The van der Waals surface area contributed by atoms with Crippen LogP contribution in [0.1, 0.15) is 72.1 Å². The summed E-state index contributed by atoms with van der Waals surface area (Å²) in [7, 11) is 0. The third-order valence-electron chi connectivity index (χ3n) is 3.16. The van der Waals surface area contributed by atoms with Crippen molar-refractivity contribution in [2.24, 2.45) is 0 Å². The van der Waals surface area contributed by atoms with E-state index >= 15 is 0 Å². The van der Waals surface area contributed by atoms with Gasteiger partial charge in [-0.3, -0.25) is 10.1 Å². The van der Waals surface area contributed by atoms with Gasteiger partial charge in [0.1, 0.15) is 6.04 Å². The second-order valence-corrected chi connectivity index (χ2v) is 6.32. The standard InChI is InChI=1S/C8H18.C7H13NO2S/c1-3-5-7-8-6-4-2;1-2-3-6-8-5(4-11-6)7(9)10/h3-8H2,1-2H3;5-6,8H,2-4H2,1H3,(H,9,10)/t;5-,6?/m.0/s1. The molecular weight excluding hydrogens is 258 g/mol. The largest absolute Gasteiger partial charge is 0.480 e. The molecule has 1 saturated heterocycles. The van der Waals surface area contributed by atoms with Crippen LogP contribution < -0.4 is 5.32 Å². The molecule has 0 aromatic carbocycles. The first-order valence-electron chi connectivity index (χ1n) is 7.76. The van der Waals surface area contributed by atoms with E-state index in [2.05, 4.69) is 26.1 Å². The predicted molar refractivity (Wildman–Crippen MR) is 84.8 cm³/mol. The molecule has 0 aliphatic carbocycles. The van der Waals surface area contributed by atoms with Crippen LogP contribution in [0.15, 0.2) is 0 Å². The molecule has 0 bridgehead atoms. The van der Waals surface area contributed by atoms with E-state index in [4.69, 9.17) is 5.11 Å². The number of nitrogens with one attached hydrogen (secondary N) is 1. The van der Waals surface area contributed by atoms with E-state index in [9.17, 15) is 4.79 Å². The van der Waals surface area contributed by atoms with E-state index in [1.54, 1.807) is 11.8 Å². The Kier molecular flexibility index (Phi) is 12.6. The van der Waals surface area contributed by atoms with Gasteiger partial charge in [-0.15, -0.1) is 11.8 Å². The first-order valence-corrected chi connectivity index (χ1v) is 8.80. The number of carbonyl (C=O) groups is 1. The van der Waals surface area contributed by atoms with E-state index in [0.717, 1.165) is 12.8 Å². The van der Waals surface area contributed by atoms with Gasteiger partial charge in [0, 0.05) is 5.75 Å². The Morgan fingerprint density at radius 1 is 1.11 bits per heavy atom. The van der Waals surface area contributed by atoms with Crippen LogP contribution in [-0.2, 0) is 4.79 Å². The van der Waals surface area contributed by atoms with Crippen molar-refractivity contribution >= 4 is 17.7 Å². The number of carboxylic acid groups (broad SMARTS) is 1. The van der Waals surface area contributed by atoms with E-state index in [-0.39, 0.29) is 6.04 Å². The van der Waals surface area contributed by atoms with Gasteiger partial charge in [-0.05, 0) is 6.42 Å². The van der Waals surface area contributed by atoms with Gasteiger partial charge in [-0.2, -0.15) is 0 Å². The highest BCUT2D eigenvalue weighted by molar-refractivity contribution is 8.00. The Morgan fingerprint density at radius 2 is 1.68 bits per heavy atom. The van der Waals surface area contributed by atoms with Gasteiger partial charge in [0.25, 0.3) is 0 Å². The third kappa shape index (κ3) is 10.3. The Balaban J connectivity index is 0.000000362. The van der Waals surface area contributed by atoms with Gasteiger partial charge in [-0.25, -0.2) is 0 Å². The fourth-order valence-corrected chi connectivity index (χ4v) is 3.28. The quantitative estimate of drug-likeness (QED) is 0.655. The zero-order valence-electron chi connectivity index (χ0n) is 12.8. The summed E-state index contributed by atoms with van der Waals surface area (Å²) < 4.78 is 0. The van der Waals surface area contributed by atoms with Crippen LogP contribution in [0.3, 0.4) is 0 Å². The number of aliphatic carboxylic acids is 1. The van der Waals surface area contributed by atoms with Crippen LogP contribution in [0.2, 0.25) is 0 Å². The number of hydrogen-bond acceptors (Lipinski definition) is 3. The van der Waals surface area contributed by atoms with Crippen molar-refractivity contribution < 1.29 is 9.90 Å². The lowest BCUT2D eigenvalue weighted by atomic mass is 10.1. The lowest BCUT2D eigenvalue weighted by Crippen LogP contribution is -2.36. The summed E-state index contributed by atoms with van der Waals surface area (Å²) >= 11 is 1.71. The SMILES string of the molecule is CCCC1N[C@H](C(=O)O)CS1.CCCCCCCC. The Labute approximate surface area is 122 Å². The summed E-state index contributed by atoms with van der Waals surface area (Å²) in [5.74, 6) is -0.0175. The number of carboxylic acids is 1. The van der Waals surface area contributed by atoms with Gasteiger partial charge in [0.15, 0.2) is 0 Å². The zero-order valence-corrected chi connectivity index (χ0v) is 13.6. The molecule has 0 aromatic rings. The topological polar surface area (TPSA) is 49.3 Å². The van der Waals surface area contributed by atoms with E-state index in [0.29, 0.717) is 11.1 Å². The van der Waals surface area contributed by atoms with Gasteiger partial charge in [0.2, 0.25) is 0 Å². The van der Waals surface area contributed by atoms with Crippen molar-refractivity contribution in [1.29, 1.82) is 0 Å². The van der Waals surface area contributed by atoms with Crippen molar-refractivity contribution in [3.8, 4) is 0 Å². The van der Waals surface area contributed by atoms with Crippen molar-refractivity contribution in [2.45, 2.75) is 83.6 Å². The molecule has 1 heterocycles.